The standard InChI is InChI=1S/C52H76N6O9.C2H6.C2H2.CH4O/c1-30(2)29-58-25-22-52(23-26-58)55-43-41-40-37(59)19-13-12-17-32(4)49(67-39(61)21-15-20-38(60)53-24-27-57(9)10)35(7)46(62)34(6)28-31(3)16-14-18-33(5)51(65)54-45(44(43)56-52)48(64)42(41)47(63)36(8)50(40)66-11;3*1-2/h12-14,16,18,30-32,34-35,46,49,62-64H,15,17,19-29H2,1-11H3,(H,53,60)(H,54,65);1-2H3;1-2H;2H,1H3/b13-12+,16-14+,33-18-;;;/t31-,32+,34+,35+,46+,49+;;;/m0.../s1. The maximum absolute atomic E-state index is 14.7. The van der Waals surface area contributed by atoms with Crippen LogP contribution in [-0.4, -0.2) is 133 Å². The van der Waals surface area contributed by atoms with Crippen molar-refractivity contribution in [2.24, 2.45) is 39.6 Å². The number of amides is 2. The van der Waals surface area contributed by atoms with E-state index in [1.807, 2.05) is 72.7 Å². The molecule has 73 heavy (non-hydrogen) atoms. The molecule has 16 nitrogen and oxygen atoms in total. The predicted octanol–water partition coefficient (Wildman–Crippen LogP) is 7.18. The monoisotopic (exact) mass is 1020 g/mol. The van der Waals surface area contributed by atoms with E-state index in [2.05, 4.69) is 42.2 Å². The summed E-state index contributed by atoms with van der Waals surface area (Å²) in [6.45, 7) is 23.0. The zero-order valence-corrected chi connectivity index (χ0v) is 46.3. The number of benzene rings is 2. The van der Waals surface area contributed by atoms with Gasteiger partial charge < -0.3 is 50.3 Å². The molecule has 0 radical (unpaired) electrons. The maximum Gasteiger partial charge on any atom is 0.306 e. The lowest BCUT2D eigenvalue weighted by atomic mass is 9.80. The SMILES string of the molecule is C#C.CC.CO.COc1c(C)c(O)c2c(O)c3c4c(c2c1C(=O)C/C=C/C[C@@H](C)[C@@H](OC(=O)CCCC(=O)NCCN(C)C)[C@H](C)[C@H](O)[C@H](C)C[C@@H](C)/C=C/C=C(/C)C(=O)N3)=NC1(CCN(CC(C)C)CC1)N=4. The van der Waals surface area contributed by atoms with Crippen LogP contribution in [0.15, 0.2) is 45.9 Å². The quantitative estimate of drug-likeness (QED) is 0.0570. The summed E-state index contributed by atoms with van der Waals surface area (Å²) >= 11 is 0. The topological polar surface area (TPSA) is 223 Å². The van der Waals surface area contributed by atoms with Crippen LogP contribution in [0.4, 0.5) is 5.69 Å². The van der Waals surface area contributed by atoms with Gasteiger partial charge in [0.25, 0.3) is 5.91 Å². The first-order valence-electron chi connectivity index (χ1n) is 25.9. The number of nitrogens with one attached hydrogen (secondary N) is 2. The van der Waals surface area contributed by atoms with Gasteiger partial charge in [-0.25, -0.2) is 0 Å². The third-order valence-corrected chi connectivity index (χ3v) is 13.5. The van der Waals surface area contributed by atoms with E-state index >= 15 is 0 Å². The van der Waals surface area contributed by atoms with Gasteiger partial charge in [-0.05, 0) is 70.9 Å². The summed E-state index contributed by atoms with van der Waals surface area (Å²) < 4.78 is 12.0. The lowest BCUT2D eigenvalue weighted by molar-refractivity contribution is -0.158. The first-order chi connectivity index (χ1) is 34.7. The summed E-state index contributed by atoms with van der Waals surface area (Å²) in [5, 5.41) is 49.2. The summed E-state index contributed by atoms with van der Waals surface area (Å²) in [6, 6.07) is 0. The average molecular weight is 1020 g/mol. The molecule has 2 aromatic rings. The van der Waals surface area contributed by atoms with Crippen LogP contribution in [0, 0.1) is 49.4 Å². The number of methoxy groups -OCH3 is 1. The van der Waals surface area contributed by atoms with Crippen LogP contribution in [-0.2, 0) is 19.1 Å². The van der Waals surface area contributed by atoms with E-state index in [1.54, 1.807) is 32.1 Å². The number of terminal acetylenes is 1. The molecule has 6 atom stereocenters. The number of phenolic OH excluding ortho intramolecular Hbond substituents is 2. The number of ether oxygens (including phenoxy) is 2. The molecule has 3 aliphatic rings. The molecular weight excluding hydrogens is 929 g/mol. The van der Waals surface area contributed by atoms with Crippen molar-refractivity contribution in [3.63, 3.8) is 0 Å². The number of hydrogen-bond donors (Lipinski definition) is 6. The van der Waals surface area contributed by atoms with Crippen molar-refractivity contribution in [2.75, 3.05) is 66.4 Å². The number of aliphatic hydroxyl groups excluding tert-OH is 2. The van der Waals surface area contributed by atoms with Gasteiger partial charge in [0.15, 0.2) is 17.2 Å². The van der Waals surface area contributed by atoms with E-state index in [0.29, 0.717) is 62.0 Å². The van der Waals surface area contributed by atoms with Gasteiger partial charge in [-0.15, -0.1) is 12.8 Å². The molecule has 6 N–H and O–H groups in total. The third-order valence-electron chi connectivity index (χ3n) is 13.5. The minimum Gasteiger partial charge on any atom is -0.507 e. The summed E-state index contributed by atoms with van der Waals surface area (Å²) in [5.41, 5.74) is -0.225. The summed E-state index contributed by atoms with van der Waals surface area (Å²) in [5.74, 6) is -2.51. The van der Waals surface area contributed by atoms with E-state index in [1.165, 1.54) is 7.11 Å². The number of piperidine rings is 1. The number of carbonyl (C=O) groups is 4. The largest absolute Gasteiger partial charge is 0.507 e. The average Bonchev–Trinajstić information content (AvgIpc) is 3.73. The number of likely N-dealkylation sites (N-methyl/N-ethyl adjacent to an activating group) is 1. The van der Waals surface area contributed by atoms with Crippen LogP contribution in [0.2, 0.25) is 0 Å². The number of aromatic hydroxyl groups is 2. The summed E-state index contributed by atoms with van der Waals surface area (Å²) in [4.78, 5) is 69.2. The molecule has 406 valence electrons. The second-order valence-electron chi connectivity index (χ2n) is 20.0. The van der Waals surface area contributed by atoms with Gasteiger partial charge >= 0.3 is 5.97 Å². The third kappa shape index (κ3) is 17.0. The molecule has 1 fully saturated rings. The Morgan fingerprint density at radius 2 is 1.59 bits per heavy atom. The Morgan fingerprint density at radius 3 is 2.19 bits per heavy atom. The Morgan fingerprint density at radius 1 is 0.959 bits per heavy atom. The van der Waals surface area contributed by atoms with Crippen molar-refractivity contribution in [1.82, 2.24) is 15.1 Å². The molecule has 3 aliphatic heterocycles. The van der Waals surface area contributed by atoms with Crippen LogP contribution < -0.4 is 26.1 Å². The number of anilines is 1. The van der Waals surface area contributed by atoms with Crippen molar-refractivity contribution in [1.29, 1.82) is 0 Å². The van der Waals surface area contributed by atoms with Crippen LogP contribution in [0.3, 0.4) is 0 Å². The highest BCUT2D eigenvalue weighted by Crippen LogP contribution is 2.45. The number of nitrogens with zero attached hydrogens (tertiary/aromatic N) is 4. The normalized spacial score (nSPS) is 23.9. The zero-order valence-electron chi connectivity index (χ0n) is 46.3. The maximum atomic E-state index is 14.7. The number of rotatable bonds is 11. The van der Waals surface area contributed by atoms with Gasteiger partial charge in [0.2, 0.25) is 5.91 Å². The molecule has 2 bridgehead atoms. The Hall–Kier alpha value is -5.60. The van der Waals surface area contributed by atoms with Gasteiger partial charge in [-0.3, -0.25) is 29.2 Å². The molecule has 1 saturated heterocycles. The number of ketones is 1. The molecule has 5 rings (SSSR count). The molecule has 0 aromatic heterocycles. The van der Waals surface area contributed by atoms with Crippen molar-refractivity contribution in [3.8, 4) is 30.1 Å². The van der Waals surface area contributed by atoms with E-state index in [9.17, 15) is 34.5 Å². The molecule has 2 amide bonds. The molecule has 0 unspecified atom stereocenters. The van der Waals surface area contributed by atoms with Gasteiger partial charge in [0, 0.05) is 94.4 Å². The van der Waals surface area contributed by atoms with Crippen LogP contribution >= 0.6 is 0 Å². The van der Waals surface area contributed by atoms with Crippen molar-refractivity contribution >= 4 is 40.0 Å². The number of Topliss-reactive ketones (excluding diaryl/α,β-unsaturated/α-hetero) is 1. The summed E-state index contributed by atoms with van der Waals surface area (Å²) in [6.07, 6.45) is 18.1. The first-order valence-corrected chi connectivity index (χ1v) is 25.9. The number of allylic oxidation sites excluding steroid dienone is 5. The van der Waals surface area contributed by atoms with Crippen LogP contribution in [0.25, 0.3) is 10.8 Å². The highest BCUT2D eigenvalue weighted by molar-refractivity contribution is 6.16. The minimum absolute atomic E-state index is 0.00155. The Bertz CT molecular complexity index is 2420. The minimum atomic E-state index is -0.920. The smallest absolute Gasteiger partial charge is 0.306 e. The molecule has 1 spiro atoms. The van der Waals surface area contributed by atoms with Crippen molar-refractivity contribution in [2.45, 2.75) is 138 Å². The molecule has 0 aliphatic carbocycles. The van der Waals surface area contributed by atoms with Gasteiger partial charge in [0.1, 0.15) is 28.6 Å². The zero-order chi connectivity index (χ0) is 55.3. The lowest BCUT2D eigenvalue weighted by Gasteiger charge is -2.36. The Balaban J connectivity index is 0.00000293. The number of aliphatic hydroxyl groups is 2. The fraction of sp³-hybridized carbons (Fsp3) is 0.614. The van der Waals surface area contributed by atoms with Gasteiger partial charge in [-0.1, -0.05) is 85.8 Å². The molecule has 2 aromatic carbocycles. The Kier molecular flexibility index (Phi) is 26.6. The van der Waals surface area contributed by atoms with E-state index in [0.717, 1.165) is 26.7 Å². The van der Waals surface area contributed by atoms with E-state index < -0.39 is 41.4 Å². The highest BCUT2D eigenvalue weighted by Gasteiger charge is 2.40. The second-order valence-corrected chi connectivity index (χ2v) is 20.0. The number of hydrogen-bond acceptors (Lipinski definition) is 14. The van der Waals surface area contributed by atoms with E-state index in [4.69, 9.17) is 24.6 Å². The molecule has 0 saturated carbocycles. The number of likely N-dealkylation sites (tertiary alicyclic amines) is 1. The Labute approximate surface area is 435 Å². The fourth-order valence-corrected chi connectivity index (χ4v) is 9.70. The van der Waals surface area contributed by atoms with Gasteiger partial charge in [-0.2, -0.15) is 0 Å². The van der Waals surface area contributed by atoms with Crippen LogP contribution in [0.1, 0.15) is 130 Å². The van der Waals surface area contributed by atoms with Gasteiger partial charge in [0.05, 0.1) is 29.5 Å². The number of esters is 1. The predicted molar refractivity (Wildman–Crippen MR) is 290 cm³/mol. The molecule has 3 heterocycles. The number of phenols is 2. The second kappa shape index (κ2) is 30.6. The first kappa shape index (κ1) is 63.5. The van der Waals surface area contributed by atoms with E-state index in [-0.39, 0.29) is 93.1 Å². The van der Waals surface area contributed by atoms with Crippen molar-refractivity contribution in [3.05, 3.63) is 57.8 Å². The van der Waals surface area contributed by atoms with Crippen molar-refractivity contribution < 1.29 is 49.1 Å². The summed E-state index contributed by atoms with van der Waals surface area (Å²) in [7, 11) is 6.28. The number of carbonyl (C=O) groups excluding carboxylic acids is 4. The molecule has 16 heteroatoms. The molecular formula is C57H88N6O10. The fourth-order valence-electron chi connectivity index (χ4n) is 9.70. The lowest BCUT2D eigenvalue weighted by Crippen LogP contribution is -2.43. The highest BCUT2D eigenvalue weighted by atomic mass is 16.5. The van der Waals surface area contributed by atoms with Crippen LogP contribution in [0.5, 0.6) is 17.2 Å².